The van der Waals surface area contributed by atoms with E-state index in [1.54, 1.807) is 19.1 Å². The first-order chi connectivity index (χ1) is 12.2. The van der Waals surface area contributed by atoms with Crippen LogP contribution < -0.4 is 5.32 Å². The SMILES string of the molecule is Cc1cccc(C(=O)OCC(=O)Nc2c(Br)cc([N+](=O)[O-])cc2Br)c1C. The van der Waals surface area contributed by atoms with Crippen molar-refractivity contribution < 1.29 is 19.2 Å². The average Bonchev–Trinajstić information content (AvgIpc) is 2.58. The van der Waals surface area contributed by atoms with Gasteiger partial charge in [-0.05, 0) is 62.9 Å². The normalized spacial score (nSPS) is 10.3. The van der Waals surface area contributed by atoms with Gasteiger partial charge in [0.2, 0.25) is 0 Å². The third kappa shape index (κ3) is 4.67. The maximum Gasteiger partial charge on any atom is 0.338 e. The van der Waals surface area contributed by atoms with Crippen molar-refractivity contribution >= 4 is 55.1 Å². The third-order valence-electron chi connectivity index (χ3n) is 3.66. The van der Waals surface area contributed by atoms with Crippen LogP contribution >= 0.6 is 31.9 Å². The summed E-state index contributed by atoms with van der Waals surface area (Å²) < 4.78 is 5.70. The first kappa shape index (κ1) is 20.1. The van der Waals surface area contributed by atoms with E-state index in [-0.39, 0.29) is 5.69 Å². The molecular formula is C17H14Br2N2O5. The molecule has 1 N–H and O–H groups in total. The maximum atomic E-state index is 12.1. The molecule has 7 nitrogen and oxygen atoms in total. The zero-order valence-corrected chi connectivity index (χ0v) is 17.0. The summed E-state index contributed by atoms with van der Waals surface area (Å²) in [6.07, 6.45) is 0. The predicted molar refractivity (Wildman–Crippen MR) is 103 cm³/mol. The molecule has 1 amide bonds. The lowest BCUT2D eigenvalue weighted by molar-refractivity contribution is -0.385. The topological polar surface area (TPSA) is 98.5 Å². The Labute approximate surface area is 166 Å². The highest BCUT2D eigenvalue weighted by Gasteiger charge is 2.18. The maximum absolute atomic E-state index is 12.1. The van der Waals surface area contributed by atoms with Crippen molar-refractivity contribution in [1.29, 1.82) is 0 Å². The highest BCUT2D eigenvalue weighted by molar-refractivity contribution is 9.11. The van der Waals surface area contributed by atoms with E-state index in [9.17, 15) is 19.7 Å². The summed E-state index contributed by atoms with van der Waals surface area (Å²) in [6.45, 7) is 3.20. The number of benzene rings is 2. The number of carbonyl (C=O) groups excluding carboxylic acids is 2. The first-order valence-corrected chi connectivity index (χ1v) is 8.96. The Balaban J connectivity index is 2.04. The second-order valence-electron chi connectivity index (χ2n) is 5.41. The van der Waals surface area contributed by atoms with Gasteiger partial charge in [0.25, 0.3) is 11.6 Å². The zero-order valence-electron chi connectivity index (χ0n) is 13.8. The number of aryl methyl sites for hydroxylation is 1. The second-order valence-corrected chi connectivity index (χ2v) is 7.12. The Hall–Kier alpha value is -2.26. The van der Waals surface area contributed by atoms with Crippen LogP contribution in [0.1, 0.15) is 21.5 Å². The number of amides is 1. The number of esters is 1. The number of carbonyl (C=O) groups is 2. The smallest absolute Gasteiger partial charge is 0.338 e. The molecule has 0 spiro atoms. The summed E-state index contributed by atoms with van der Waals surface area (Å²) >= 11 is 6.34. The fraction of sp³-hybridized carbons (Fsp3) is 0.176. The molecule has 0 fully saturated rings. The molecule has 2 aromatic carbocycles. The molecule has 0 bridgehead atoms. The monoisotopic (exact) mass is 484 g/mol. The Kier molecular flexibility index (Phi) is 6.49. The number of nitrogens with one attached hydrogen (secondary N) is 1. The standard InChI is InChI=1S/C17H14Br2N2O5/c1-9-4-3-5-12(10(9)2)17(23)26-8-15(22)20-16-13(18)6-11(21(24)25)7-14(16)19/h3-7H,8H2,1-2H3,(H,20,22). The van der Waals surface area contributed by atoms with Crippen molar-refractivity contribution in [2.45, 2.75) is 13.8 Å². The van der Waals surface area contributed by atoms with Crippen LogP contribution in [0.4, 0.5) is 11.4 Å². The molecule has 0 saturated heterocycles. The lowest BCUT2D eigenvalue weighted by atomic mass is 10.0. The van der Waals surface area contributed by atoms with Crippen LogP contribution in [0.5, 0.6) is 0 Å². The van der Waals surface area contributed by atoms with Crippen LogP contribution in [0.15, 0.2) is 39.3 Å². The minimum Gasteiger partial charge on any atom is -0.452 e. The van der Waals surface area contributed by atoms with E-state index in [0.717, 1.165) is 11.1 Å². The fourth-order valence-electron chi connectivity index (χ4n) is 2.14. The molecule has 0 aromatic heterocycles. The molecule has 0 heterocycles. The molecule has 2 aromatic rings. The summed E-state index contributed by atoms with van der Waals surface area (Å²) in [5.74, 6) is -1.16. The van der Waals surface area contributed by atoms with E-state index >= 15 is 0 Å². The van der Waals surface area contributed by atoms with Crippen LogP contribution in [0.3, 0.4) is 0 Å². The Morgan fingerprint density at radius 3 is 2.38 bits per heavy atom. The number of nitrogens with zero attached hydrogens (tertiary/aromatic N) is 1. The van der Waals surface area contributed by atoms with E-state index in [1.807, 2.05) is 13.0 Å². The van der Waals surface area contributed by atoms with Gasteiger partial charge in [0, 0.05) is 21.1 Å². The predicted octanol–water partition coefficient (Wildman–Crippen LogP) is 4.53. The number of nitro benzene ring substituents is 1. The Morgan fingerprint density at radius 1 is 1.19 bits per heavy atom. The molecule has 26 heavy (non-hydrogen) atoms. The second kappa shape index (κ2) is 8.41. The summed E-state index contributed by atoms with van der Waals surface area (Å²) in [5.41, 5.74) is 2.31. The number of non-ortho nitro benzene ring substituents is 1. The molecule has 0 unspecified atom stereocenters. The molecule has 0 aliphatic rings. The van der Waals surface area contributed by atoms with Gasteiger partial charge < -0.3 is 10.1 Å². The van der Waals surface area contributed by atoms with Crippen molar-refractivity contribution in [1.82, 2.24) is 0 Å². The van der Waals surface area contributed by atoms with Gasteiger partial charge >= 0.3 is 5.97 Å². The molecule has 0 atom stereocenters. The quantitative estimate of drug-likeness (QED) is 0.381. The number of hydrogen-bond acceptors (Lipinski definition) is 5. The number of ether oxygens (including phenoxy) is 1. The number of hydrogen-bond donors (Lipinski definition) is 1. The summed E-state index contributed by atoms with van der Waals surface area (Å²) in [4.78, 5) is 34.5. The van der Waals surface area contributed by atoms with E-state index in [1.165, 1.54) is 12.1 Å². The summed E-state index contributed by atoms with van der Waals surface area (Å²) in [6, 6.07) is 7.78. The molecule has 2 rings (SSSR count). The fourth-order valence-corrected chi connectivity index (χ4v) is 3.50. The van der Waals surface area contributed by atoms with Crippen LogP contribution in [-0.2, 0) is 9.53 Å². The minimum absolute atomic E-state index is 0.136. The third-order valence-corrected chi connectivity index (χ3v) is 4.91. The van der Waals surface area contributed by atoms with E-state index in [2.05, 4.69) is 37.2 Å². The van der Waals surface area contributed by atoms with Crippen LogP contribution in [-0.4, -0.2) is 23.4 Å². The van der Waals surface area contributed by atoms with Gasteiger partial charge in [0.05, 0.1) is 16.2 Å². The van der Waals surface area contributed by atoms with Gasteiger partial charge in [-0.1, -0.05) is 12.1 Å². The van der Waals surface area contributed by atoms with Gasteiger partial charge in [-0.2, -0.15) is 0 Å². The molecule has 0 radical (unpaired) electrons. The van der Waals surface area contributed by atoms with Gasteiger partial charge in [-0.15, -0.1) is 0 Å². The van der Waals surface area contributed by atoms with Crippen molar-refractivity contribution in [3.8, 4) is 0 Å². The highest BCUT2D eigenvalue weighted by atomic mass is 79.9. The number of rotatable bonds is 5. The van der Waals surface area contributed by atoms with Gasteiger partial charge in [-0.3, -0.25) is 14.9 Å². The summed E-state index contributed by atoms with van der Waals surface area (Å²) in [7, 11) is 0. The van der Waals surface area contributed by atoms with E-state index < -0.39 is 23.4 Å². The lowest BCUT2D eigenvalue weighted by Gasteiger charge is -2.11. The van der Waals surface area contributed by atoms with Crippen LogP contribution in [0.2, 0.25) is 0 Å². The largest absolute Gasteiger partial charge is 0.452 e. The minimum atomic E-state index is -0.594. The highest BCUT2D eigenvalue weighted by Crippen LogP contribution is 2.35. The molecule has 136 valence electrons. The molecule has 9 heteroatoms. The van der Waals surface area contributed by atoms with Gasteiger partial charge in [0.15, 0.2) is 6.61 Å². The van der Waals surface area contributed by atoms with Crippen molar-refractivity contribution in [3.05, 3.63) is 66.1 Å². The van der Waals surface area contributed by atoms with Crippen molar-refractivity contribution in [3.63, 3.8) is 0 Å². The molecule has 0 aliphatic heterocycles. The van der Waals surface area contributed by atoms with Gasteiger partial charge in [-0.25, -0.2) is 4.79 Å². The number of halogens is 2. The molecule has 0 aliphatic carbocycles. The Morgan fingerprint density at radius 2 is 1.81 bits per heavy atom. The van der Waals surface area contributed by atoms with E-state index in [0.29, 0.717) is 20.2 Å². The van der Waals surface area contributed by atoms with Gasteiger partial charge in [0.1, 0.15) is 0 Å². The Bertz CT molecular complexity index is 876. The first-order valence-electron chi connectivity index (χ1n) is 7.37. The van der Waals surface area contributed by atoms with E-state index in [4.69, 9.17) is 4.74 Å². The average molecular weight is 486 g/mol. The number of nitro groups is 1. The number of anilines is 1. The zero-order chi connectivity index (χ0) is 19.4. The summed E-state index contributed by atoms with van der Waals surface area (Å²) in [5, 5.41) is 13.4. The lowest BCUT2D eigenvalue weighted by Crippen LogP contribution is -2.21. The molecular weight excluding hydrogens is 472 g/mol. The van der Waals surface area contributed by atoms with Crippen molar-refractivity contribution in [2.75, 3.05) is 11.9 Å². The van der Waals surface area contributed by atoms with Crippen LogP contribution in [0.25, 0.3) is 0 Å². The van der Waals surface area contributed by atoms with Crippen LogP contribution in [0, 0.1) is 24.0 Å². The molecule has 0 saturated carbocycles. The van der Waals surface area contributed by atoms with Crippen molar-refractivity contribution in [2.24, 2.45) is 0 Å².